The van der Waals surface area contributed by atoms with Crippen molar-refractivity contribution in [1.82, 2.24) is 4.90 Å². The van der Waals surface area contributed by atoms with Crippen molar-refractivity contribution in [3.05, 3.63) is 84.4 Å². The molecule has 33 heavy (non-hydrogen) atoms. The molecule has 0 unspecified atom stereocenters. The fourth-order valence-corrected chi connectivity index (χ4v) is 4.80. The summed E-state index contributed by atoms with van der Waals surface area (Å²) in [6.45, 7) is -0.399. The molecule has 3 aromatic carbocycles. The molecule has 2 amide bonds. The number of benzene rings is 3. The van der Waals surface area contributed by atoms with E-state index in [-0.39, 0.29) is 5.91 Å². The predicted octanol–water partition coefficient (Wildman–Crippen LogP) is 3.94. The zero-order valence-corrected chi connectivity index (χ0v) is 20.2. The number of carbonyl (C=O) groups excluding carboxylic acids is 2. The Morgan fingerprint density at radius 3 is 2.09 bits per heavy atom. The van der Waals surface area contributed by atoms with Gasteiger partial charge in [-0.1, -0.05) is 42.1 Å². The van der Waals surface area contributed by atoms with Crippen molar-refractivity contribution in [1.29, 1.82) is 0 Å². The van der Waals surface area contributed by atoms with Crippen molar-refractivity contribution in [2.75, 3.05) is 36.5 Å². The summed E-state index contributed by atoms with van der Waals surface area (Å²) >= 11 is 1.50. The van der Waals surface area contributed by atoms with E-state index >= 15 is 0 Å². The molecule has 172 valence electrons. The summed E-state index contributed by atoms with van der Waals surface area (Å²) < 4.78 is 25.9. The third-order valence-electron chi connectivity index (χ3n) is 4.63. The number of hydrogen-bond donors (Lipinski definition) is 1. The molecule has 0 aliphatic heterocycles. The number of rotatable bonds is 8. The van der Waals surface area contributed by atoms with Gasteiger partial charge in [0.1, 0.15) is 6.54 Å². The smallest absolute Gasteiger partial charge is 0.253 e. The van der Waals surface area contributed by atoms with Crippen LogP contribution in [0.4, 0.5) is 11.4 Å². The lowest BCUT2D eigenvalue weighted by Crippen LogP contribution is -2.37. The summed E-state index contributed by atoms with van der Waals surface area (Å²) in [5.74, 6) is -0.673. The van der Waals surface area contributed by atoms with Crippen molar-refractivity contribution in [2.45, 2.75) is 9.79 Å². The fourth-order valence-electron chi connectivity index (χ4n) is 3.02. The second kappa shape index (κ2) is 10.5. The Balaban J connectivity index is 1.78. The van der Waals surface area contributed by atoms with Crippen LogP contribution in [0.1, 0.15) is 10.4 Å². The first kappa shape index (κ1) is 24.3. The first-order chi connectivity index (χ1) is 15.6. The minimum atomic E-state index is -3.74. The molecule has 3 aromatic rings. The summed E-state index contributed by atoms with van der Waals surface area (Å²) in [5, 5.41) is 2.82. The average molecular weight is 484 g/mol. The maximum atomic E-state index is 12.8. The Morgan fingerprint density at radius 2 is 1.48 bits per heavy atom. The van der Waals surface area contributed by atoms with Crippen molar-refractivity contribution < 1.29 is 18.0 Å². The standard InChI is InChI=1S/C24H25N3O4S2/c1-26(2)24(29)18-13-15-19(16-14-18)27(33(3,30)31)17-23(28)25-21-11-7-8-12-22(21)32-20-9-5-4-6-10-20/h4-16H,17H2,1-3H3,(H,25,28). The zero-order valence-electron chi connectivity index (χ0n) is 18.6. The van der Waals surface area contributed by atoms with Crippen LogP contribution >= 0.6 is 11.8 Å². The van der Waals surface area contributed by atoms with E-state index in [1.165, 1.54) is 28.8 Å². The van der Waals surface area contributed by atoms with E-state index in [0.717, 1.165) is 20.4 Å². The Bertz CT molecular complexity index is 1230. The van der Waals surface area contributed by atoms with Crippen molar-refractivity contribution >= 4 is 45.0 Å². The summed E-state index contributed by atoms with van der Waals surface area (Å²) in [6.07, 6.45) is 1.04. The lowest BCUT2D eigenvalue weighted by atomic mass is 10.2. The molecule has 0 aliphatic carbocycles. The van der Waals surface area contributed by atoms with Gasteiger partial charge in [0.05, 0.1) is 17.6 Å². The van der Waals surface area contributed by atoms with Crippen LogP contribution in [0.3, 0.4) is 0 Å². The number of anilines is 2. The molecule has 0 bridgehead atoms. The number of sulfonamides is 1. The fraction of sp³-hybridized carbons (Fsp3) is 0.167. The quantitative estimate of drug-likeness (QED) is 0.524. The number of carbonyl (C=O) groups is 2. The minimum Gasteiger partial charge on any atom is -0.345 e. The van der Waals surface area contributed by atoms with Crippen LogP contribution < -0.4 is 9.62 Å². The number of nitrogens with zero attached hydrogens (tertiary/aromatic N) is 2. The van der Waals surface area contributed by atoms with Crippen LogP contribution in [0.15, 0.2) is 88.7 Å². The molecule has 0 aromatic heterocycles. The van der Waals surface area contributed by atoms with Crippen LogP contribution in [-0.4, -0.2) is 52.0 Å². The van der Waals surface area contributed by atoms with Gasteiger partial charge in [-0.2, -0.15) is 0 Å². The molecule has 0 saturated heterocycles. The van der Waals surface area contributed by atoms with Gasteiger partial charge < -0.3 is 10.2 Å². The van der Waals surface area contributed by atoms with Gasteiger partial charge in [0, 0.05) is 29.4 Å². The molecular formula is C24H25N3O4S2. The average Bonchev–Trinajstić information content (AvgIpc) is 2.78. The van der Waals surface area contributed by atoms with Crippen LogP contribution in [0.25, 0.3) is 0 Å². The predicted molar refractivity (Wildman–Crippen MR) is 132 cm³/mol. The highest BCUT2D eigenvalue weighted by atomic mass is 32.2. The summed E-state index contributed by atoms with van der Waals surface area (Å²) in [4.78, 5) is 28.2. The summed E-state index contributed by atoms with van der Waals surface area (Å²) in [5.41, 5.74) is 1.32. The number of amides is 2. The molecule has 0 atom stereocenters. The number of hydrogen-bond acceptors (Lipinski definition) is 5. The third kappa shape index (κ3) is 6.59. The summed E-state index contributed by atoms with van der Waals surface area (Å²) in [6, 6.07) is 23.2. The van der Waals surface area contributed by atoms with Crippen molar-refractivity contribution in [3.8, 4) is 0 Å². The first-order valence-corrected chi connectivity index (χ1v) is 12.7. The van der Waals surface area contributed by atoms with Gasteiger partial charge in [0.15, 0.2) is 0 Å². The van der Waals surface area contributed by atoms with Gasteiger partial charge in [-0.05, 0) is 48.5 Å². The van der Waals surface area contributed by atoms with Gasteiger partial charge in [0.2, 0.25) is 15.9 Å². The molecule has 0 radical (unpaired) electrons. The molecule has 0 spiro atoms. The van der Waals surface area contributed by atoms with E-state index in [0.29, 0.717) is 16.9 Å². The van der Waals surface area contributed by atoms with Gasteiger partial charge in [-0.3, -0.25) is 13.9 Å². The Kier molecular flexibility index (Phi) is 7.78. The van der Waals surface area contributed by atoms with E-state index in [1.54, 1.807) is 38.4 Å². The van der Waals surface area contributed by atoms with Gasteiger partial charge in [-0.15, -0.1) is 0 Å². The largest absolute Gasteiger partial charge is 0.345 e. The van der Waals surface area contributed by atoms with E-state index in [9.17, 15) is 18.0 Å². The lowest BCUT2D eigenvalue weighted by Gasteiger charge is -2.22. The van der Waals surface area contributed by atoms with E-state index in [1.807, 2.05) is 42.5 Å². The minimum absolute atomic E-state index is 0.197. The molecule has 0 saturated carbocycles. The third-order valence-corrected chi connectivity index (χ3v) is 6.85. The number of nitrogens with one attached hydrogen (secondary N) is 1. The molecule has 7 nitrogen and oxygen atoms in total. The second-order valence-corrected chi connectivity index (χ2v) is 10.5. The van der Waals surface area contributed by atoms with E-state index < -0.39 is 22.5 Å². The normalized spacial score (nSPS) is 11.0. The van der Waals surface area contributed by atoms with E-state index in [4.69, 9.17) is 0 Å². The molecule has 9 heteroatoms. The number of para-hydroxylation sites is 1. The maximum Gasteiger partial charge on any atom is 0.253 e. The highest BCUT2D eigenvalue weighted by Gasteiger charge is 2.22. The molecule has 0 heterocycles. The second-order valence-electron chi connectivity index (χ2n) is 7.48. The van der Waals surface area contributed by atoms with E-state index in [2.05, 4.69) is 5.32 Å². The van der Waals surface area contributed by atoms with Crippen LogP contribution in [-0.2, 0) is 14.8 Å². The molecule has 0 aliphatic rings. The van der Waals surface area contributed by atoms with Crippen molar-refractivity contribution in [2.24, 2.45) is 0 Å². The SMILES string of the molecule is CN(C)C(=O)c1ccc(N(CC(=O)Nc2ccccc2Sc2ccccc2)S(C)(=O)=O)cc1. The molecule has 0 fully saturated rings. The van der Waals surface area contributed by atoms with Crippen LogP contribution in [0, 0.1) is 0 Å². The maximum absolute atomic E-state index is 12.8. The summed E-state index contributed by atoms with van der Waals surface area (Å²) in [7, 11) is -0.469. The van der Waals surface area contributed by atoms with Crippen molar-refractivity contribution in [3.63, 3.8) is 0 Å². The first-order valence-electron chi connectivity index (χ1n) is 10.1. The Morgan fingerprint density at radius 1 is 0.879 bits per heavy atom. The van der Waals surface area contributed by atoms with Crippen LogP contribution in [0.5, 0.6) is 0 Å². The Labute approximate surface area is 198 Å². The molecule has 1 N–H and O–H groups in total. The topological polar surface area (TPSA) is 86.8 Å². The Hall–Kier alpha value is -3.30. The highest BCUT2D eigenvalue weighted by molar-refractivity contribution is 7.99. The van der Waals surface area contributed by atoms with Crippen LogP contribution in [0.2, 0.25) is 0 Å². The molecular weight excluding hydrogens is 458 g/mol. The highest BCUT2D eigenvalue weighted by Crippen LogP contribution is 2.33. The molecule has 3 rings (SSSR count). The van der Waals surface area contributed by atoms with Gasteiger partial charge in [0.25, 0.3) is 5.91 Å². The van der Waals surface area contributed by atoms with Gasteiger partial charge in [-0.25, -0.2) is 8.42 Å². The monoisotopic (exact) mass is 483 g/mol. The van der Waals surface area contributed by atoms with Gasteiger partial charge >= 0.3 is 0 Å². The zero-order chi connectivity index (χ0) is 24.0. The lowest BCUT2D eigenvalue weighted by molar-refractivity contribution is -0.114.